The Kier molecular flexibility index (Phi) is 6.38. The highest BCUT2D eigenvalue weighted by Crippen LogP contribution is 2.22. The summed E-state index contributed by atoms with van der Waals surface area (Å²) >= 11 is 0. The molecule has 1 saturated heterocycles. The molecule has 0 spiro atoms. The Morgan fingerprint density at radius 1 is 1.00 bits per heavy atom. The molecule has 1 aliphatic rings. The SMILES string of the molecule is CCCCCCCCc1ccc(OCC2OC2C)cc1. The maximum atomic E-state index is 5.70. The lowest BCUT2D eigenvalue weighted by molar-refractivity contribution is 0.260. The maximum absolute atomic E-state index is 5.70. The van der Waals surface area contributed by atoms with Crippen molar-refractivity contribution in [2.75, 3.05) is 6.61 Å². The second-order valence-electron chi connectivity index (χ2n) is 5.85. The average Bonchev–Trinajstić information content (AvgIpc) is 3.17. The van der Waals surface area contributed by atoms with Gasteiger partial charge in [-0.25, -0.2) is 0 Å². The maximum Gasteiger partial charge on any atom is 0.119 e. The number of rotatable bonds is 10. The van der Waals surface area contributed by atoms with Crippen LogP contribution in [0.3, 0.4) is 0 Å². The molecule has 0 aliphatic carbocycles. The Morgan fingerprint density at radius 3 is 2.30 bits per heavy atom. The van der Waals surface area contributed by atoms with Crippen molar-refractivity contribution in [3.63, 3.8) is 0 Å². The zero-order chi connectivity index (χ0) is 14.2. The fraction of sp³-hybridized carbons (Fsp3) is 0.667. The first kappa shape index (κ1) is 15.4. The Hall–Kier alpha value is -1.02. The molecule has 112 valence electrons. The molecule has 2 rings (SSSR count). The minimum absolute atomic E-state index is 0.304. The first-order valence-electron chi connectivity index (χ1n) is 8.17. The Bertz CT molecular complexity index is 372. The summed E-state index contributed by atoms with van der Waals surface area (Å²) in [6.45, 7) is 5.02. The van der Waals surface area contributed by atoms with E-state index >= 15 is 0 Å². The van der Waals surface area contributed by atoms with Gasteiger partial charge in [-0.2, -0.15) is 0 Å². The first-order chi connectivity index (χ1) is 9.79. The van der Waals surface area contributed by atoms with E-state index in [9.17, 15) is 0 Å². The van der Waals surface area contributed by atoms with Gasteiger partial charge in [-0.05, 0) is 37.5 Å². The van der Waals surface area contributed by atoms with Crippen LogP contribution in [0.1, 0.15) is 57.9 Å². The smallest absolute Gasteiger partial charge is 0.119 e. The van der Waals surface area contributed by atoms with Crippen molar-refractivity contribution in [3.8, 4) is 5.75 Å². The van der Waals surface area contributed by atoms with Crippen LogP contribution in [0, 0.1) is 0 Å². The van der Waals surface area contributed by atoms with Crippen molar-refractivity contribution < 1.29 is 9.47 Å². The van der Waals surface area contributed by atoms with Gasteiger partial charge in [0.05, 0.1) is 6.10 Å². The van der Waals surface area contributed by atoms with Crippen molar-refractivity contribution in [1.82, 2.24) is 0 Å². The van der Waals surface area contributed by atoms with Gasteiger partial charge in [0.1, 0.15) is 18.5 Å². The van der Waals surface area contributed by atoms with Crippen LogP contribution in [0.4, 0.5) is 0 Å². The monoisotopic (exact) mass is 276 g/mol. The van der Waals surface area contributed by atoms with Crippen molar-refractivity contribution in [2.24, 2.45) is 0 Å². The molecule has 2 atom stereocenters. The Labute approximate surface area is 123 Å². The zero-order valence-electron chi connectivity index (χ0n) is 12.9. The number of hydrogen-bond acceptors (Lipinski definition) is 2. The van der Waals surface area contributed by atoms with Gasteiger partial charge in [-0.15, -0.1) is 0 Å². The fourth-order valence-corrected chi connectivity index (χ4v) is 2.45. The minimum Gasteiger partial charge on any atom is -0.491 e. The third kappa shape index (κ3) is 5.54. The van der Waals surface area contributed by atoms with Crippen molar-refractivity contribution in [2.45, 2.75) is 71.0 Å². The van der Waals surface area contributed by atoms with E-state index in [2.05, 4.69) is 38.1 Å². The van der Waals surface area contributed by atoms with E-state index in [1.165, 1.54) is 50.5 Å². The molecule has 1 aromatic rings. The number of benzene rings is 1. The van der Waals surface area contributed by atoms with E-state index < -0.39 is 0 Å². The molecule has 2 unspecified atom stereocenters. The molecule has 1 aliphatic heterocycles. The summed E-state index contributed by atoms with van der Waals surface area (Å²) in [6.07, 6.45) is 10.0. The molecule has 2 heteroatoms. The van der Waals surface area contributed by atoms with Gasteiger partial charge in [0, 0.05) is 0 Å². The van der Waals surface area contributed by atoms with Crippen LogP contribution >= 0.6 is 0 Å². The summed E-state index contributed by atoms with van der Waals surface area (Å²) < 4.78 is 11.0. The number of unbranched alkanes of at least 4 members (excludes halogenated alkanes) is 5. The van der Waals surface area contributed by atoms with Gasteiger partial charge in [-0.3, -0.25) is 0 Å². The summed E-state index contributed by atoms with van der Waals surface area (Å²) in [6, 6.07) is 8.55. The number of hydrogen-bond donors (Lipinski definition) is 0. The van der Waals surface area contributed by atoms with Crippen LogP contribution in [0.25, 0.3) is 0 Å². The molecule has 0 saturated carbocycles. The summed E-state index contributed by atoms with van der Waals surface area (Å²) in [5, 5.41) is 0. The molecule has 0 aromatic heterocycles. The minimum atomic E-state index is 0.304. The van der Waals surface area contributed by atoms with E-state index in [-0.39, 0.29) is 0 Å². The Morgan fingerprint density at radius 2 is 1.65 bits per heavy atom. The van der Waals surface area contributed by atoms with Crippen molar-refractivity contribution in [3.05, 3.63) is 29.8 Å². The highest BCUT2D eigenvalue weighted by atomic mass is 16.6. The van der Waals surface area contributed by atoms with Gasteiger partial charge in [-0.1, -0.05) is 51.2 Å². The standard InChI is InChI=1S/C18H28O2/c1-3-4-5-6-7-8-9-16-10-12-17(13-11-16)19-14-18-15(2)20-18/h10-13,15,18H,3-9,14H2,1-2H3. The van der Waals surface area contributed by atoms with E-state index in [0.717, 1.165) is 5.75 Å². The average molecular weight is 276 g/mol. The second-order valence-corrected chi connectivity index (χ2v) is 5.85. The van der Waals surface area contributed by atoms with Gasteiger partial charge in [0.2, 0.25) is 0 Å². The van der Waals surface area contributed by atoms with Gasteiger partial charge in [0.15, 0.2) is 0 Å². The molecule has 1 fully saturated rings. The first-order valence-corrected chi connectivity index (χ1v) is 8.17. The number of aryl methyl sites for hydroxylation is 1. The third-order valence-corrected chi connectivity index (χ3v) is 3.99. The molecular weight excluding hydrogens is 248 g/mol. The van der Waals surface area contributed by atoms with E-state index in [1.807, 2.05) is 0 Å². The van der Waals surface area contributed by atoms with Crippen LogP contribution in [-0.4, -0.2) is 18.8 Å². The third-order valence-electron chi connectivity index (χ3n) is 3.99. The van der Waals surface area contributed by atoms with Crippen molar-refractivity contribution >= 4 is 0 Å². The predicted octanol–water partition coefficient (Wildman–Crippen LogP) is 4.76. The summed E-state index contributed by atoms with van der Waals surface area (Å²) in [4.78, 5) is 0. The predicted molar refractivity (Wildman–Crippen MR) is 83.4 cm³/mol. The highest BCUT2D eigenvalue weighted by molar-refractivity contribution is 5.27. The van der Waals surface area contributed by atoms with E-state index in [1.54, 1.807) is 0 Å². The van der Waals surface area contributed by atoms with Crippen LogP contribution in [0.2, 0.25) is 0 Å². The lowest BCUT2D eigenvalue weighted by Gasteiger charge is -2.06. The molecular formula is C18H28O2. The zero-order valence-corrected chi connectivity index (χ0v) is 12.9. The van der Waals surface area contributed by atoms with Crippen LogP contribution in [0.5, 0.6) is 5.75 Å². The largest absolute Gasteiger partial charge is 0.491 e. The lowest BCUT2D eigenvalue weighted by Crippen LogP contribution is -2.06. The highest BCUT2D eigenvalue weighted by Gasteiger charge is 2.34. The topological polar surface area (TPSA) is 21.8 Å². The van der Waals surface area contributed by atoms with Crippen LogP contribution in [-0.2, 0) is 11.2 Å². The quantitative estimate of drug-likeness (QED) is 0.454. The van der Waals surface area contributed by atoms with Crippen LogP contribution in [0.15, 0.2) is 24.3 Å². The van der Waals surface area contributed by atoms with Crippen LogP contribution < -0.4 is 4.74 Å². The van der Waals surface area contributed by atoms with E-state index in [0.29, 0.717) is 18.8 Å². The number of ether oxygens (including phenoxy) is 2. The fourth-order valence-electron chi connectivity index (χ4n) is 2.45. The normalized spacial score (nSPS) is 20.9. The molecule has 20 heavy (non-hydrogen) atoms. The Balaban J connectivity index is 1.58. The number of epoxide rings is 1. The van der Waals surface area contributed by atoms with Gasteiger partial charge < -0.3 is 9.47 Å². The van der Waals surface area contributed by atoms with Crippen molar-refractivity contribution in [1.29, 1.82) is 0 Å². The van der Waals surface area contributed by atoms with E-state index in [4.69, 9.17) is 9.47 Å². The molecule has 1 heterocycles. The van der Waals surface area contributed by atoms with Gasteiger partial charge >= 0.3 is 0 Å². The summed E-state index contributed by atoms with van der Waals surface area (Å²) in [7, 11) is 0. The molecule has 2 nitrogen and oxygen atoms in total. The lowest BCUT2D eigenvalue weighted by atomic mass is 10.0. The molecule has 1 aromatic carbocycles. The summed E-state index contributed by atoms with van der Waals surface area (Å²) in [5.74, 6) is 0.958. The molecule has 0 bridgehead atoms. The molecule has 0 amide bonds. The second kappa shape index (κ2) is 8.31. The molecule has 0 radical (unpaired) electrons. The summed E-state index contributed by atoms with van der Waals surface area (Å²) in [5.41, 5.74) is 1.42. The molecule has 0 N–H and O–H groups in total. The van der Waals surface area contributed by atoms with Gasteiger partial charge in [0.25, 0.3) is 0 Å².